The Labute approximate surface area is 101 Å². The summed E-state index contributed by atoms with van der Waals surface area (Å²) < 4.78 is 1.74. The number of carbonyl (C=O) groups is 1. The highest BCUT2D eigenvalue weighted by atomic mass is 16.2. The molecule has 1 N–H and O–H groups in total. The summed E-state index contributed by atoms with van der Waals surface area (Å²) >= 11 is 0. The molecule has 1 fully saturated rings. The van der Waals surface area contributed by atoms with Gasteiger partial charge in [-0.25, -0.2) is 0 Å². The minimum absolute atomic E-state index is 0.0786. The van der Waals surface area contributed by atoms with Crippen LogP contribution in [0.15, 0.2) is 18.3 Å². The quantitative estimate of drug-likeness (QED) is 0.747. The van der Waals surface area contributed by atoms with E-state index in [1.807, 2.05) is 24.1 Å². The fourth-order valence-corrected chi connectivity index (χ4v) is 1.88. The lowest BCUT2D eigenvalue weighted by Crippen LogP contribution is -2.32. The van der Waals surface area contributed by atoms with Crippen molar-refractivity contribution in [3.05, 3.63) is 24.0 Å². The average molecular weight is 234 g/mol. The van der Waals surface area contributed by atoms with Gasteiger partial charge in [0.15, 0.2) is 0 Å². The highest BCUT2D eigenvalue weighted by molar-refractivity contribution is 5.91. The second-order valence-electron chi connectivity index (χ2n) is 4.14. The molecule has 0 atom stereocenters. The van der Waals surface area contributed by atoms with E-state index in [1.165, 1.54) is 0 Å². The maximum atomic E-state index is 11.9. The molecule has 1 aromatic heterocycles. The molecule has 0 spiro atoms. The van der Waals surface area contributed by atoms with Crippen LogP contribution in [0.4, 0.5) is 0 Å². The average Bonchev–Trinajstić information content (AvgIpc) is 2.58. The molecule has 0 aromatic carbocycles. The van der Waals surface area contributed by atoms with Crippen LogP contribution in [0.1, 0.15) is 12.1 Å². The number of aryl methyl sites for hydroxylation is 1. The van der Waals surface area contributed by atoms with Gasteiger partial charge in [0.25, 0.3) is 0 Å². The summed E-state index contributed by atoms with van der Waals surface area (Å²) in [4.78, 5) is 13.8. The molecule has 2 rings (SSSR count). The van der Waals surface area contributed by atoms with Gasteiger partial charge in [-0.15, -0.1) is 0 Å². The van der Waals surface area contributed by atoms with Crippen molar-refractivity contribution >= 4 is 12.0 Å². The van der Waals surface area contributed by atoms with E-state index in [-0.39, 0.29) is 5.91 Å². The zero-order chi connectivity index (χ0) is 12.1. The van der Waals surface area contributed by atoms with Crippen molar-refractivity contribution in [2.24, 2.45) is 7.05 Å². The van der Waals surface area contributed by atoms with Crippen LogP contribution in [-0.2, 0) is 11.8 Å². The van der Waals surface area contributed by atoms with E-state index in [0.717, 1.165) is 38.3 Å². The van der Waals surface area contributed by atoms with Gasteiger partial charge in [-0.2, -0.15) is 5.10 Å². The minimum Gasteiger partial charge on any atom is -0.338 e. The number of amides is 1. The van der Waals surface area contributed by atoms with Gasteiger partial charge in [-0.1, -0.05) is 0 Å². The lowest BCUT2D eigenvalue weighted by molar-refractivity contribution is -0.125. The number of hydrogen-bond acceptors (Lipinski definition) is 3. The molecule has 0 saturated carbocycles. The highest BCUT2D eigenvalue weighted by Gasteiger charge is 2.12. The predicted molar refractivity (Wildman–Crippen MR) is 66.3 cm³/mol. The third-order valence-corrected chi connectivity index (χ3v) is 2.91. The molecular weight excluding hydrogens is 216 g/mol. The fourth-order valence-electron chi connectivity index (χ4n) is 1.88. The number of aromatic nitrogens is 2. The standard InChI is InChI=1S/C12H18N4O/c1-15-11(5-7-14-15)3-4-12(17)16-9-2-6-13-8-10-16/h3-5,7,13H,2,6,8-10H2,1H3. The van der Waals surface area contributed by atoms with Crippen LogP contribution in [-0.4, -0.2) is 46.8 Å². The third kappa shape index (κ3) is 3.17. The maximum absolute atomic E-state index is 11.9. The monoisotopic (exact) mass is 234 g/mol. The Balaban J connectivity index is 1.96. The summed E-state index contributed by atoms with van der Waals surface area (Å²) in [6.45, 7) is 3.50. The largest absolute Gasteiger partial charge is 0.338 e. The Kier molecular flexibility index (Phi) is 3.93. The minimum atomic E-state index is 0.0786. The van der Waals surface area contributed by atoms with Crippen LogP contribution < -0.4 is 5.32 Å². The fraction of sp³-hybridized carbons (Fsp3) is 0.500. The zero-order valence-corrected chi connectivity index (χ0v) is 10.1. The third-order valence-electron chi connectivity index (χ3n) is 2.91. The number of nitrogens with one attached hydrogen (secondary N) is 1. The van der Waals surface area contributed by atoms with Gasteiger partial charge >= 0.3 is 0 Å². The first kappa shape index (κ1) is 11.9. The summed E-state index contributed by atoms with van der Waals surface area (Å²) in [5.74, 6) is 0.0786. The second kappa shape index (κ2) is 5.63. The zero-order valence-electron chi connectivity index (χ0n) is 10.1. The van der Waals surface area contributed by atoms with E-state index in [1.54, 1.807) is 17.0 Å². The Morgan fingerprint density at radius 3 is 3.12 bits per heavy atom. The summed E-state index contributed by atoms with van der Waals surface area (Å²) in [7, 11) is 1.86. The SMILES string of the molecule is Cn1nccc1C=CC(=O)N1CCCNCC1. The number of carbonyl (C=O) groups excluding carboxylic acids is 1. The molecule has 1 aliphatic heterocycles. The molecule has 5 heteroatoms. The maximum Gasteiger partial charge on any atom is 0.246 e. The highest BCUT2D eigenvalue weighted by Crippen LogP contribution is 2.02. The van der Waals surface area contributed by atoms with Crippen molar-refractivity contribution < 1.29 is 4.79 Å². The van der Waals surface area contributed by atoms with E-state index in [2.05, 4.69) is 10.4 Å². The molecule has 2 heterocycles. The van der Waals surface area contributed by atoms with Crippen LogP contribution in [0.25, 0.3) is 6.08 Å². The lowest BCUT2D eigenvalue weighted by Gasteiger charge is -2.17. The molecule has 1 saturated heterocycles. The van der Waals surface area contributed by atoms with Crippen LogP contribution in [0.2, 0.25) is 0 Å². The van der Waals surface area contributed by atoms with Gasteiger partial charge in [-0.05, 0) is 25.1 Å². The van der Waals surface area contributed by atoms with Crippen molar-refractivity contribution in [3.63, 3.8) is 0 Å². The van der Waals surface area contributed by atoms with Gasteiger partial charge in [0, 0.05) is 39.0 Å². The van der Waals surface area contributed by atoms with E-state index >= 15 is 0 Å². The van der Waals surface area contributed by atoms with Crippen LogP contribution >= 0.6 is 0 Å². The number of hydrogen-bond donors (Lipinski definition) is 1. The molecule has 1 aliphatic rings. The molecule has 17 heavy (non-hydrogen) atoms. The predicted octanol–water partition coefficient (Wildman–Crippen LogP) is 0.255. The van der Waals surface area contributed by atoms with Crippen LogP contribution in [0.5, 0.6) is 0 Å². The summed E-state index contributed by atoms with van der Waals surface area (Å²) in [5.41, 5.74) is 0.936. The van der Waals surface area contributed by atoms with E-state index in [9.17, 15) is 4.79 Å². The van der Waals surface area contributed by atoms with Gasteiger partial charge in [-0.3, -0.25) is 9.48 Å². The summed E-state index contributed by atoms with van der Waals surface area (Å²) in [5, 5.41) is 7.33. The number of nitrogens with zero attached hydrogens (tertiary/aromatic N) is 3. The van der Waals surface area contributed by atoms with Crippen molar-refractivity contribution in [1.29, 1.82) is 0 Å². The molecule has 0 radical (unpaired) electrons. The van der Waals surface area contributed by atoms with Crippen molar-refractivity contribution in [1.82, 2.24) is 20.0 Å². The Bertz CT molecular complexity index is 402. The molecule has 0 unspecified atom stereocenters. The van der Waals surface area contributed by atoms with Crippen molar-refractivity contribution in [3.8, 4) is 0 Å². The van der Waals surface area contributed by atoms with E-state index < -0.39 is 0 Å². The van der Waals surface area contributed by atoms with Gasteiger partial charge < -0.3 is 10.2 Å². The van der Waals surface area contributed by atoms with Crippen molar-refractivity contribution in [2.75, 3.05) is 26.2 Å². The molecule has 0 bridgehead atoms. The van der Waals surface area contributed by atoms with Crippen LogP contribution in [0, 0.1) is 0 Å². The van der Waals surface area contributed by atoms with E-state index in [0.29, 0.717) is 0 Å². The first-order valence-electron chi connectivity index (χ1n) is 5.93. The van der Waals surface area contributed by atoms with Gasteiger partial charge in [0.05, 0.1) is 5.69 Å². The topological polar surface area (TPSA) is 50.2 Å². The molecular formula is C12H18N4O. The normalized spacial score (nSPS) is 17.4. The smallest absolute Gasteiger partial charge is 0.246 e. The second-order valence-corrected chi connectivity index (χ2v) is 4.14. The van der Waals surface area contributed by atoms with E-state index in [4.69, 9.17) is 0 Å². The van der Waals surface area contributed by atoms with Gasteiger partial charge in [0.2, 0.25) is 5.91 Å². The molecule has 1 aromatic rings. The molecule has 5 nitrogen and oxygen atoms in total. The summed E-state index contributed by atoms with van der Waals surface area (Å²) in [6, 6.07) is 1.88. The first-order chi connectivity index (χ1) is 8.27. The molecule has 0 aliphatic carbocycles. The van der Waals surface area contributed by atoms with Crippen molar-refractivity contribution in [2.45, 2.75) is 6.42 Å². The first-order valence-corrected chi connectivity index (χ1v) is 5.93. The lowest BCUT2D eigenvalue weighted by atomic mass is 10.3. The van der Waals surface area contributed by atoms with Crippen LogP contribution in [0.3, 0.4) is 0 Å². The molecule has 92 valence electrons. The number of rotatable bonds is 2. The Morgan fingerprint density at radius 1 is 1.47 bits per heavy atom. The molecule has 1 amide bonds. The Hall–Kier alpha value is -1.62. The summed E-state index contributed by atoms with van der Waals surface area (Å²) in [6.07, 6.45) is 6.18. The van der Waals surface area contributed by atoms with Gasteiger partial charge in [0.1, 0.15) is 0 Å². The Morgan fingerprint density at radius 2 is 2.35 bits per heavy atom.